The quantitative estimate of drug-likeness (QED) is 0.383. The Hall–Kier alpha value is -3.18. The number of piperidine rings is 1. The average Bonchev–Trinajstić information content (AvgIpc) is 3.24. The van der Waals surface area contributed by atoms with Gasteiger partial charge in [-0.25, -0.2) is 0 Å². The van der Waals surface area contributed by atoms with E-state index in [2.05, 4.69) is 44.9 Å². The van der Waals surface area contributed by atoms with Gasteiger partial charge in [-0.2, -0.15) is 0 Å². The number of rotatable bonds is 7. The number of aromatic nitrogens is 3. The molecule has 0 amide bonds. The smallest absolute Gasteiger partial charge is 0.118 e. The Morgan fingerprint density at radius 2 is 1.72 bits per heavy atom. The van der Waals surface area contributed by atoms with E-state index in [0.717, 1.165) is 46.5 Å². The van der Waals surface area contributed by atoms with Gasteiger partial charge in [0.1, 0.15) is 5.75 Å². The summed E-state index contributed by atoms with van der Waals surface area (Å²) in [5.41, 5.74) is 6.68. The summed E-state index contributed by atoms with van der Waals surface area (Å²) in [6.07, 6.45) is 13.2. The topological polar surface area (TPSA) is 43.2 Å². The third-order valence-corrected chi connectivity index (χ3v) is 6.43. The lowest BCUT2D eigenvalue weighted by atomic mass is 10.0. The van der Waals surface area contributed by atoms with Gasteiger partial charge in [-0.3, -0.25) is 9.97 Å². The van der Waals surface area contributed by atoms with Crippen LogP contribution in [0.4, 0.5) is 0 Å². The van der Waals surface area contributed by atoms with Crippen LogP contribution in [0.1, 0.15) is 25.7 Å². The molecule has 4 heterocycles. The van der Waals surface area contributed by atoms with Gasteiger partial charge in [0.05, 0.1) is 18.1 Å². The van der Waals surface area contributed by atoms with Gasteiger partial charge in [-0.05, 0) is 74.8 Å². The van der Waals surface area contributed by atoms with Gasteiger partial charge >= 0.3 is 0 Å². The summed E-state index contributed by atoms with van der Waals surface area (Å²) in [5.74, 6) is 0.856. The van der Waals surface area contributed by atoms with Crippen molar-refractivity contribution in [3.63, 3.8) is 0 Å². The third-order valence-electron chi connectivity index (χ3n) is 6.43. The summed E-state index contributed by atoms with van der Waals surface area (Å²) in [6, 6.07) is 14.5. The minimum absolute atomic E-state index is 0.856. The molecule has 3 aromatic heterocycles. The molecule has 164 valence electrons. The van der Waals surface area contributed by atoms with E-state index in [0.29, 0.717) is 0 Å². The van der Waals surface area contributed by atoms with Gasteiger partial charge in [0.25, 0.3) is 0 Å². The lowest BCUT2D eigenvalue weighted by Gasteiger charge is -2.26. The van der Waals surface area contributed by atoms with Gasteiger partial charge in [0.15, 0.2) is 0 Å². The summed E-state index contributed by atoms with van der Waals surface area (Å²) in [5, 5.41) is 0. The Kier molecular flexibility index (Phi) is 6.17. The van der Waals surface area contributed by atoms with Crippen molar-refractivity contribution in [1.82, 2.24) is 19.4 Å². The van der Waals surface area contributed by atoms with Crippen molar-refractivity contribution in [2.24, 2.45) is 0 Å². The molecule has 0 aliphatic carbocycles. The number of benzene rings is 1. The van der Waals surface area contributed by atoms with Crippen molar-refractivity contribution < 1.29 is 4.74 Å². The zero-order chi connectivity index (χ0) is 21.8. The molecule has 0 bridgehead atoms. The van der Waals surface area contributed by atoms with E-state index >= 15 is 0 Å². The molecule has 5 rings (SSSR count). The van der Waals surface area contributed by atoms with E-state index in [1.807, 2.05) is 36.8 Å². The van der Waals surface area contributed by atoms with E-state index in [9.17, 15) is 0 Å². The number of fused-ring (bicyclic) bond motifs is 1. The van der Waals surface area contributed by atoms with Crippen molar-refractivity contribution in [1.29, 1.82) is 0 Å². The standard InChI is InChI=1S/C27H30N4O/c1-32-24-10-8-21(9-11-24)22-17-23(19-28-18-22)25-20-31(26-7-5-12-29-27(25)26)16-6-15-30-13-3-2-4-14-30/h5,7-12,17-20H,2-4,6,13-16H2,1H3. The largest absolute Gasteiger partial charge is 0.497 e. The van der Waals surface area contributed by atoms with Crippen LogP contribution in [0, 0.1) is 0 Å². The number of likely N-dealkylation sites (tertiary alicyclic amines) is 1. The number of pyridine rings is 2. The predicted octanol–water partition coefficient (Wildman–Crippen LogP) is 5.65. The van der Waals surface area contributed by atoms with E-state index in [4.69, 9.17) is 9.72 Å². The van der Waals surface area contributed by atoms with Crippen molar-refractivity contribution in [3.05, 3.63) is 67.3 Å². The van der Waals surface area contributed by atoms with Crippen molar-refractivity contribution in [3.8, 4) is 28.0 Å². The maximum absolute atomic E-state index is 5.29. The Morgan fingerprint density at radius 1 is 0.906 bits per heavy atom. The molecular formula is C27H30N4O. The van der Waals surface area contributed by atoms with E-state index in [1.165, 1.54) is 44.4 Å². The fraction of sp³-hybridized carbons (Fsp3) is 0.333. The van der Waals surface area contributed by atoms with Crippen LogP contribution in [0.2, 0.25) is 0 Å². The second-order valence-corrected chi connectivity index (χ2v) is 8.55. The fourth-order valence-electron chi connectivity index (χ4n) is 4.70. The summed E-state index contributed by atoms with van der Waals surface area (Å²) in [7, 11) is 1.69. The minimum atomic E-state index is 0.856. The normalized spacial score (nSPS) is 14.7. The molecule has 0 atom stereocenters. The summed E-state index contributed by atoms with van der Waals surface area (Å²) in [6.45, 7) is 4.68. The third kappa shape index (κ3) is 4.39. The summed E-state index contributed by atoms with van der Waals surface area (Å²) in [4.78, 5) is 11.9. The number of nitrogens with zero attached hydrogens (tertiary/aromatic N) is 4. The summed E-state index contributed by atoms with van der Waals surface area (Å²) < 4.78 is 7.65. The number of methoxy groups -OCH3 is 1. The van der Waals surface area contributed by atoms with Crippen molar-refractivity contribution in [2.45, 2.75) is 32.2 Å². The molecule has 32 heavy (non-hydrogen) atoms. The van der Waals surface area contributed by atoms with Gasteiger partial charge in [0.2, 0.25) is 0 Å². The molecule has 5 nitrogen and oxygen atoms in total. The monoisotopic (exact) mass is 426 g/mol. The fourth-order valence-corrected chi connectivity index (χ4v) is 4.70. The van der Waals surface area contributed by atoms with Crippen LogP contribution in [0.15, 0.2) is 67.3 Å². The van der Waals surface area contributed by atoms with Crippen molar-refractivity contribution in [2.75, 3.05) is 26.7 Å². The van der Waals surface area contributed by atoms with Gasteiger partial charge in [0, 0.05) is 48.0 Å². The van der Waals surface area contributed by atoms with Crippen LogP contribution in [-0.2, 0) is 6.54 Å². The zero-order valence-electron chi connectivity index (χ0n) is 18.7. The minimum Gasteiger partial charge on any atom is -0.497 e. The molecule has 4 aromatic rings. The Balaban J connectivity index is 1.41. The molecule has 1 aliphatic rings. The lowest BCUT2D eigenvalue weighted by Crippen LogP contribution is -2.31. The second kappa shape index (κ2) is 9.53. The Morgan fingerprint density at radius 3 is 2.53 bits per heavy atom. The highest BCUT2D eigenvalue weighted by molar-refractivity contribution is 5.93. The molecule has 5 heteroatoms. The van der Waals surface area contributed by atoms with Crippen LogP contribution in [-0.4, -0.2) is 46.2 Å². The van der Waals surface area contributed by atoms with Crippen LogP contribution in [0.3, 0.4) is 0 Å². The molecule has 0 N–H and O–H groups in total. The summed E-state index contributed by atoms with van der Waals surface area (Å²) >= 11 is 0. The molecule has 1 aliphatic heterocycles. The number of hydrogen-bond acceptors (Lipinski definition) is 4. The van der Waals surface area contributed by atoms with Gasteiger partial charge < -0.3 is 14.2 Å². The van der Waals surface area contributed by atoms with Crippen molar-refractivity contribution >= 4 is 11.0 Å². The van der Waals surface area contributed by atoms with Crippen LogP contribution < -0.4 is 4.74 Å². The molecule has 1 fully saturated rings. The molecule has 0 spiro atoms. The second-order valence-electron chi connectivity index (χ2n) is 8.55. The number of hydrogen-bond donors (Lipinski definition) is 0. The predicted molar refractivity (Wildman–Crippen MR) is 130 cm³/mol. The first-order valence-corrected chi connectivity index (χ1v) is 11.6. The van der Waals surface area contributed by atoms with Gasteiger partial charge in [-0.15, -0.1) is 0 Å². The highest BCUT2D eigenvalue weighted by atomic mass is 16.5. The maximum Gasteiger partial charge on any atom is 0.118 e. The Bertz CT molecular complexity index is 1180. The molecule has 0 saturated carbocycles. The van der Waals surface area contributed by atoms with Crippen LogP contribution in [0.5, 0.6) is 5.75 Å². The highest BCUT2D eigenvalue weighted by Gasteiger charge is 2.14. The zero-order valence-corrected chi connectivity index (χ0v) is 18.7. The first-order valence-electron chi connectivity index (χ1n) is 11.6. The first-order chi connectivity index (χ1) is 15.8. The Labute approximate surface area is 189 Å². The molecular weight excluding hydrogens is 396 g/mol. The molecule has 0 unspecified atom stereocenters. The SMILES string of the molecule is COc1ccc(-c2cncc(-c3cn(CCCN4CCCCC4)c4cccnc34)c2)cc1. The highest BCUT2D eigenvalue weighted by Crippen LogP contribution is 2.32. The van der Waals surface area contributed by atoms with E-state index in [1.54, 1.807) is 7.11 Å². The van der Waals surface area contributed by atoms with E-state index in [-0.39, 0.29) is 0 Å². The first kappa shape index (κ1) is 20.7. The molecule has 1 aromatic carbocycles. The lowest BCUT2D eigenvalue weighted by molar-refractivity contribution is 0.223. The number of ether oxygens (including phenoxy) is 1. The van der Waals surface area contributed by atoms with Crippen LogP contribution in [0.25, 0.3) is 33.3 Å². The molecule has 1 saturated heterocycles. The maximum atomic E-state index is 5.29. The van der Waals surface area contributed by atoms with E-state index < -0.39 is 0 Å². The van der Waals surface area contributed by atoms with Gasteiger partial charge in [-0.1, -0.05) is 18.6 Å². The number of aryl methyl sites for hydroxylation is 1. The average molecular weight is 427 g/mol. The molecule has 0 radical (unpaired) electrons. The van der Waals surface area contributed by atoms with Crippen LogP contribution >= 0.6 is 0 Å².